The first-order valence-electron chi connectivity index (χ1n) is 7.72. The number of hydrogen-bond donors (Lipinski definition) is 1. The molecule has 0 saturated carbocycles. The zero-order chi connectivity index (χ0) is 17.6. The fourth-order valence-corrected chi connectivity index (χ4v) is 2.22. The van der Waals surface area contributed by atoms with Crippen molar-refractivity contribution in [3.63, 3.8) is 0 Å². The molecule has 6 nitrogen and oxygen atoms in total. The molecule has 25 heavy (non-hydrogen) atoms. The molecule has 0 aliphatic carbocycles. The number of benzene rings is 2. The highest BCUT2D eigenvalue weighted by Crippen LogP contribution is 2.19. The van der Waals surface area contributed by atoms with Crippen LogP contribution in [0.1, 0.15) is 11.4 Å². The van der Waals surface area contributed by atoms with Gasteiger partial charge < -0.3 is 14.8 Å². The van der Waals surface area contributed by atoms with E-state index in [0.29, 0.717) is 17.4 Å². The number of nitrogens with one attached hydrogen (secondary N) is 1. The van der Waals surface area contributed by atoms with Crippen molar-refractivity contribution in [2.45, 2.75) is 13.8 Å². The second-order valence-electron chi connectivity index (χ2n) is 5.39. The maximum Gasteiger partial charge on any atom is 0.519 e. The van der Waals surface area contributed by atoms with Crippen LogP contribution in [0.3, 0.4) is 0 Å². The van der Waals surface area contributed by atoms with Gasteiger partial charge in [-0.15, -0.1) is 0 Å². The summed E-state index contributed by atoms with van der Waals surface area (Å²) in [7, 11) is 0. The number of carbonyl (C=O) groups is 1. The number of para-hydroxylation sites is 1. The molecule has 3 aromatic rings. The maximum atomic E-state index is 11.8. The topological polar surface area (TPSA) is 73.3 Å². The van der Waals surface area contributed by atoms with Gasteiger partial charge in [0.1, 0.15) is 11.5 Å². The zero-order valence-corrected chi connectivity index (χ0v) is 13.9. The van der Waals surface area contributed by atoms with E-state index in [4.69, 9.17) is 9.47 Å². The van der Waals surface area contributed by atoms with E-state index < -0.39 is 6.16 Å². The highest BCUT2D eigenvalue weighted by atomic mass is 16.7. The van der Waals surface area contributed by atoms with E-state index in [2.05, 4.69) is 15.3 Å². The van der Waals surface area contributed by atoms with E-state index in [-0.39, 0.29) is 0 Å². The quantitative estimate of drug-likeness (QED) is 0.562. The molecule has 0 amide bonds. The van der Waals surface area contributed by atoms with Crippen molar-refractivity contribution in [3.05, 3.63) is 72.1 Å². The van der Waals surface area contributed by atoms with Gasteiger partial charge >= 0.3 is 6.16 Å². The van der Waals surface area contributed by atoms with Crippen LogP contribution >= 0.6 is 0 Å². The van der Waals surface area contributed by atoms with Gasteiger partial charge in [-0.25, -0.2) is 14.8 Å². The largest absolute Gasteiger partial charge is 0.519 e. The van der Waals surface area contributed by atoms with Crippen molar-refractivity contribution in [3.8, 4) is 11.5 Å². The molecule has 0 bridgehead atoms. The fourth-order valence-electron chi connectivity index (χ4n) is 2.22. The lowest BCUT2D eigenvalue weighted by Crippen LogP contribution is -2.13. The summed E-state index contributed by atoms with van der Waals surface area (Å²) in [5, 5.41) is 3.11. The molecule has 6 heteroatoms. The summed E-state index contributed by atoms with van der Waals surface area (Å²) in [6.07, 6.45) is -0.787. The van der Waals surface area contributed by atoms with Crippen LogP contribution in [-0.2, 0) is 0 Å². The van der Waals surface area contributed by atoms with Gasteiger partial charge in [0.2, 0.25) is 5.95 Å². The third-order valence-electron chi connectivity index (χ3n) is 3.24. The van der Waals surface area contributed by atoms with Gasteiger partial charge in [0.15, 0.2) is 0 Å². The van der Waals surface area contributed by atoms with Crippen LogP contribution < -0.4 is 14.8 Å². The number of nitrogens with zero attached hydrogens (tertiary/aromatic N) is 2. The van der Waals surface area contributed by atoms with Gasteiger partial charge in [0, 0.05) is 17.1 Å². The number of aromatic nitrogens is 2. The molecule has 0 saturated heterocycles. The molecule has 126 valence electrons. The standard InChI is InChI=1S/C19H17N3O3/c1-13-12-14(2)21-18(20-13)22-15-8-10-17(11-9-15)25-19(23)24-16-6-4-3-5-7-16/h3-12H,1-2H3,(H,20,21,22). The fraction of sp³-hybridized carbons (Fsp3) is 0.105. The summed E-state index contributed by atoms with van der Waals surface area (Å²) in [5.74, 6) is 1.33. The molecule has 1 N–H and O–H groups in total. The molecule has 2 aromatic carbocycles. The highest BCUT2D eigenvalue weighted by molar-refractivity contribution is 5.67. The smallest absolute Gasteiger partial charge is 0.395 e. The molecule has 0 atom stereocenters. The first-order valence-corrected chi connectivity index (χ1v) is 7.72. The van der Waals surface area contributed by atoms with Crippen molar-refractivity contribution < 1.29 is 14.3 Å². The molecule has 0 unspecified atom stereocenters. The predicted octanol–water partition coefficient (Wildman–Crippen LogP) is 4.41. The molecule has 3 rings (SSSR count). The van der Waals surface area contributed by atoms with Gasteiger partial charge in [-0.05, 0) is 56.3 Å². The average Bonchev–Trinajstić information content (AvgIpc) is 2.56. The zero-order valence-electron chi connectivity index (χ0n) is 13.9. The van der Waals surface area contributed by atoms with Gasteiger partial charge in [-0.2, -0.15) is 0 Å². The summed E-state index contributed by atoms with van der Waals surface area (Å²) in [6, 6.07) is 17.5. The van der Waals surface area contributed by atoms with Crippen molar-refractivity contribution in [2.24, 2.45) is 0 Å². The monoisotopic (exact) mass is 335 g/mol. The lowest BCUT2D eigenvalue weighted by molar-refractivity contribution is 0.152. The van der Waals surface area contributed by atoms with Gasteiger partial charge in [0.25, 0.3) is 0 Å². The Bertz CT molecular complexity index is 845. The molecule has 0 radical (unpaired) electrons. The minimum absolute atomic E-state index is 0.382. The summed E-state index contributed by atoms with van der Waals surface area (Å²) in [4.78, 5) is 20.4. The Hall–Kier alpha value is -3.41. The van der Waals surface area contributed by atoms with Crippen molar-refractivity contribution >= 4 is 17.8 Å². The average molecular weight is 335 g/mol. The van der Waals surface area contributed by atoms with Gasteiger partial charge in [0.05, 0.1) is 0 Å². The molecule has 1 heterocycles. The third kappa shape index (κ3) is 4.78. The Morgan fingerprint density at radius 3 is 2.00 bits per heavy atom. The van der Waals surface area contributed by atoms with Crippen LogP contribution in [0.4, 0.5) is 16.4 Å². The molecule has 0 aliphatic rings. The van der Waals surface area contributed by atoms with Crippen LogP contribution in [0.2, 0.25) is 0 Å². The third-order valence-corrected chi connectivity index (χ3v) is 3.24. The van der Waals surface area contributed by atoms with Gasteiger partial charge in [-0.1, -0.05) is 18.2 Å². The van der Waals surface area contributed by atoms with E-state index in [1.54, 1.807) is 48.5 Å². The predicted molar refractivity (Wildman–Crippen MR) is 94.3 cm³/mol. The van der Waals surface area contributed by atoms with Crippen LogP contribution in [0.15, 0.2) is 60.7 Å². The van der Waals surface area contributed by atoms with Crippen molar-refractivity contribution in [1.82, 2.24) is 9.97 Å². The van der Waals surface area contributed by atoms with Crippen molar-refractivity contribution in [2.75, 3.05) is 5.32 Å². The van der Waals surface area contributed by atoms with Gasteiger partial charge in [-0.3, -0.25) is 0 Å². The molecule has 0 spiro atoms. The molecular formula is C19H17N3O3. The number of aryl methyl sites for hydroxylation is 2. The Morgan fingerprint density at radius 2 is 1.40 bits per heavy atom. The molecule has 0 aliphatic heterocycles. The Kier molecular flexibility index (Phi) is 4.89. The number of anilines is 2. The number of hydrogen-bond acceptors (Lipinski definition) is 6. The first-order chi connectivity index (χ1) is 12.1. The Morgan fingerprint density at radius 1 is 0.840 bits per heavy atom. The molecule has 0 fully saturated rings. The lowest BCUT2D eigenvalue weighted by atomic mass is 10.3. The Balaban J connectivity index is 1.61. The summed E-state index contributed by atoms with van der Waals surface area (Å²) in [6.45, 7) is 3.82. The summed E-state index contributed by atoms with van der Waals surface area (Å²) < 4.78 is 10.2. The maximum absolute atomic E-state index is 11.8. The van der Waals surface area contributed by atoms with Crippen LogP contribution in [0.5, 0.6) is 11.5 Å². The second kappa shape index (κ2) is 7.44. The molecule has 1 aromatic heterocycles. The van der Waals surface area contributed by atoms with E-state index >= 15 is 0 Å². The van der Waals surface area contributed by atoms with E-state index in [9.17, 15) is 4.79 Å². The van der Waals surface area contributed by atoms with E-state index in [1.165, 1.54) is 0 Å². The summed E-state index contributed by atoms with van der Waals surface area (Å²) in [5.41, 5.74) is 2.56. The van der Waals surface area contributed by atoms with Crippen molar-refractivity contribution in [1.29, 1.82) is 0 Å². The lowest BCUT2D eigenvalue weighted by Gasteiger charge is -2.08. The number of rotatable bonds is 4. The van der Waals surface area contributed by atoms with E-state index in [1.807, 2.05) is 26.0 Å². The first kappa shape index (κ1) is 16.4. The minimum atomic E-state index is -0.787. The van der Waals surface area contributed by atoms with Crippen LogP contribution in [0, 0.1) is 13.8 Å². The van der Waals surface area contributed by atoms with E-state index in [0.717, 1.165) is 17.1 Å². The SMILES string of the molecule is Cc1cc(C)nc(Nc2ccc(OC(=O)Oc3ccccc3)cc2)n1. The van der Waals surface area contributed by atoms with Crippen LogP contribution in [0.25, 0.3) is 0 Å². The highest BCUT2D eigenvalue weighted by Gasteiger charge is 2.08. The Labute approximate surface area is 145 Å². The van der Waals surface area contributed by atoms with Crippen LogP contribution in [-0.4, -0.2) is 16.1 Å². The normalized spacial score (nSPS) is 10.2. The minimum Gasteiger partial charge on any atom is -0.395 e. The number of ether oxygens (including phenoxy) is 2. The number of carbonyl (C=O) groups excluding carboxylic acids is 1. The summed E-state index contributed by atoms with van der Waals surface area (Å²) >= 11 is 0. The molecular weight excluding hydrogens is 318 g/mol. The second-order valence-corrected chi connectivity index (χ2v) is 5.39.